The second-order valence-electron chi connectivity index (χ2n) is 3.20. The highest BCUT2D eigenvalue weighted by Gasteiger charge is 2.26. The summed E-state index contributed by atoms with van der Waals surface area (Å²) < 4.78 is 7.29. The molecule has 0 amide bonds. The normalized spacial score (nSPS) is 16.9. The molecule has 0 heterocycles. The molecule has 0 saturated heterocycles. The summed E-state index contributed by atoms with van der Waals surface area (Å²) in [5, 5.41) is 8.48. The van der Waals surface area contributed by atoms with Crippen molar-refractivity contribution in [3.05, 3.63) is 12.2 Å². The minimum Gasteiger partial charge on any atom is -0.388 e. The van der Waals surface area contributed by atoms with Crippen LogP contribution in [0.5, 0.6) is 0 Å². The Balaban J connectivity index is 4.63. The van der Waals surface area contributed by atoms with Crippen LogP contribution < -0.4 is 0 Å². The van der Waals surface area contributed by atoms with Crippen molar-refractivity contribution in [2.24, 2.45) is 5.92 Å². The topological polar surface area (TPSA) is 78.2 Å². The van der Waals surface area contributed by atoms with Crippen LogP contribution in [0.4, 0.5) is 0 Å². The Labute approximate surface area is 85.9 Å². The van der Waals surface area contributed by atoms with Gasteiger partial charge in [0.25, 0.3) is 0 Å². The fraction of sp³-hybridized carbons (Fsp3) is 0.556. The van der Waals surface area contributed by atoms with Crippen molar-refractivity contribution < 1.29 is 14.7 Å². The molecule has 1 unspecified atom stereocenters. The Kier molecular flexibility index (Phi) is 4.87. The van der Waals surface area contributed by atoms with E-state index in [9.17, 15) is 14.7 Å². The third-order valence-corrected chi connectivity index (χ3v) is 3.19. The van der Waals surface area contributed by atoms with Crippen LogP contribution in [0.2, 0.25) is 0 Å². The summed E-state index contributed by atoms with van der Waals surface area (Å²) in [4.78, 5) is 22.2. The van der Waals surface area contributed by atoms with E-state index in [-0.39, 0.29) is 0 Å². The summed E-state index contributed by atoms with van der Waals surface area (Å²) in [6.07, 6.45) is -0.970. The van der Waals surface area contributed by atoms with E-state index in [1.54, 1.807) is 6.92 Å². The zero-order valence-electron chi connectivity index (χ0n) is 8.53. The largest absolute Gasteiger partial charge is 0.388 e. The van der Waals surface area contributed by atoms with E-state index in [2.05, 4.69) is 6.58 Å². The van der Waals surface area contributed by atoms with Gasteiger partial charge < -0.3 is 5.11 Å². The van der Waals surface area contributed by atoms with Crippen molar-refractivity contribution in [1.29, 1.82) is 4.78 Å². The predicted molar refractivity (Wildman–Crippen MR) is 55.8 cm³/mol. The monoisotopic (exact) mass is 217 g/mol. The molecule has 0 radical (unpaired) electrons. The minimum absolute atomic E-state index is 0.464. The van der Waals surface area contributed by atoms with Crippen LogP contribution in [0.3, 0.4) is 0 Å². The average Bonchev–Trinajstić information content (AvgIpc) is 2.12. The molecule has 5 heteroatoms. The number of hydrogen-bond donors (Lipinski definition) is 2. The Bertz CT molecular complexity index is 298. The van der Waals surface area contributed by atoms with Gasteiger partial charge in [0.2, 0.25) is 10.2 Å². The van der Waals surface area contributed by atoms with Crippen LogP contribution in [-0.2, 0) is 20.3 Å². The van der Waals surface area contributed by atoms with Gasteiger partial charge in [0, 0.05) is 17.6 Å². The molecule has 3 atom stereocenters. The van der Waals surface area contributed by atoms with Crippen molar-refractivity contribution >= 4 is 20.9 Å². The van der Waals surface area contributed by atoms with Gasteiger partial charge in [-0.3, -0.25) is 14.4 Å². The van der Waals surface area contributed by atoms with Crippen LogP contribution in [-0.4, -0.2) is 21.4 Å². The van der Waals surface area contributed by atoms with Gasteiger partial charge in [-0.15, -0.1) is 0 Å². The number of rotatable bonds is 3. The first-order valence-corrected chi connectivity index (χ1v) is 5.35. The molecular weight excluding hydrogens is 202 g/mol. The predicted octanol–water partition coefficient (Wildman–Crippen LogP) is 1.01. The quantitative estimate of drug-likeness (QED) is 0.692. The number of hydrogen-bond acceptors (Lipinski definition) is 4. The number of carbonyl (C=O) groups is 2. The molecule has 0 fully saturated rings. The molecule has 14 heavy (non-hydrogen) atoms. The summed E-state index contributed by atoms with van der Waals surface area (Å²) in [6.45, 7) is 7.82. The Hall–Kier alpha value is -0.810. The molecule has 0 aliphatic heterocycles. The fourth-order valence-corrected chi connectivity index (χ4v) is 1.67. The van der Waals surface area contributed by atoms with Gasteiger partial charge in [0.05, 0.1) is 12.0 Å². The van der Waals surface area contributed by atoms with Crippen LogP contribution in [0.25, 0.3) is 0 Å². The van der Waals surface area contributed by atoms with E-state index in [1.165, 1.54) is 13.8 Å². The van der Waals surface area contributed by atoms with Crippen molar-refractivity contribution in [1.82, 2.24) is 0 Å². The molecule has 0 aromatic heterocycles. The molecule has 0 saturated carbocycles. The maximum Gasteiger partial charge on any atom is 0.212 e. The molecular formula is C9H15NO3S. The molecule has 0 aliphatic carbocycles. The van der Waals surface area contributed by atoms with Crippen LogP contribution >= 0.6 is 0 Å². The molecule has 0 rings (SSSR count). The van der Waals surface area contributed by atoms with Crippen molar-refractivity contribution in [2.75, 3.05) is 0 Å². The van der Waals surface area contributed by atoms with Gasteiger partial charge in [0.15, 0.2) is 0 Å². The standard InChI is InChI=1S/C9H15NO3S/c1-5(2)8(12)6(3)9(13)14(10)7(4)11/h6,8,10,12H,1H2,2-4H3/t6-,8+,14?/m0/s1. The van der Waals surface area contributed by atoms with E-state index in [1.807, 2.05) is 0 Å². The van der Waals surface area contributed by atoms with Gasteiger partial charge in [-0.25, -0.2) is 0 Å². The summed E-state index contributed by atoms with van der Waals surface area (Å²) in [7, 11) is -1.66. The van der Waals surface area contributed by atoms with Gasteiger partial charge in [-0.2, -0.15) is 0 Å². The Morgan fingerprint density at radius 2 is 1.86 bits per heavy atom. The second kappa shape index (κ2) is 5.17. The highest BCUT2D eigenvalue weighted by molar-refractivity contribution is 8.14. The molecule has 0 spiro atoms. The highest BCUT2D eigenvalue weighted by atomic mass is 32.2. The smallest absolute Gasteiger partial charge is 0.212 e. The average molecular weight is 217 g/mol. The van der Waals surface area contributed by atoms with E-state index < -0.39 is 32.9 Å². The summed E-state index contributed by atoms with van der Waals surface area (Å²) in [5.74, 6) is -0.739. The molecule has 0 aliphatic rings. The third kappa shape index (κ3) is 3.16. The number of carbonyl (C=O) groups excluding carboxylic acids is 2. The minimum atomic E-state index is -1.66. The van der Waals surface area contributed by atoms with Crippen molar-refractivity contribution in [3.63, 3.8) is 0 Å². The lowest BCUT2D eigenvalue weighted by molar-refractivity contribution is -0.117. The SMILES string of the molecule is C=C(C)[C@@H](O)[C@H](C)C(=O)S(=N)C(C)=O. The molecule has 0 aromatic carbocycles. The number of nitrogens with one attached hydrogen (secondary N) is 1. The van der Waals surface area contributed by atoms with Gasteiger partial charge in [-0.05, 0) is 6.92 Å². The van der Waals surface area contributed by atoms with Crippen molar-refractivity contribution in [2.45, 2.75) is 26.9 Å². The van der Waals surface area contributed by atoms with Gasteiger partial charge in [0.1, 0.15) is 0 Å². The summed E-state index contributed by atoms with van der Waals surface area (Å²) in [5.41, 5.74) is 0.464. The van der Waals surface area contributed by atoms with Crippen LogP contribution in [0.15, 0.2) is 12.2 Å². The lowest BCUT2D eigenvalue weighted by Crippen LogP contribution is -2.30. The van der Waals surface area contributed by atoms with E-state index in [4.69, 9.17) is 4.78 Å². The lowest BCUT2D eigenvalue weighted by Gasteiger charge is -2.17. The maximum absolute atomic E-state index is 11.4. The Morgan fingerprint density at radius 1 is 1.43 bits per heavy atom. The summed E-state index contributed by atoms with van der Waals surface area (Å²) >= 11 is 0. The summed E-state index contributed by atoms with van der Waals surface area (Å²) in [6, 6.07) is 0. The van der Waals surface area contributed by atoms with Gasteiger partial charge in [-0.1, -0.05) is 19.1 Å². The maximum atomic E-state index is 11.4. The van der Waals surface area contributed by atoms with Gasteiger partial charge >= 0.3 is 0 Å². The van der Waals surface area contributed by atoms with Crippen molar-refractivity contribution in [3.8, 4) is 0 Å². The van der Waals surface area contributed by atoms with Crippen LogP contribution in [0.1, 0.15) is 20.8 Å². The van der Waals surface area contributed by atoms with E-state index in [0.717, 1.165) is 0 Å². The fourth-order valence-electron chi connectivity index (χ4n) is 0.883. The Morgan fingerprint density at radius 3 is 2.14 bits per heavy atom. The zero-order chi connectivity index (χ0) is 11.5. The lowest BCUT2D eigenvalue weighted by atomic mass is 10.0. The van der Waals surface area contributed by atoms with E-state index in [0.29, 0.717) is 5.57 Å². The number of aliphatic hydroxyl groups is 1. The molecule has 4 nitrogen and oxygen atoms in total. The van der Waals surface area contributed by atoms with E-state index >= 15 is 0 Å². The first-order chi connectivity index (χ1) is 6.29. The van der Waals surface area contributed by atoms with Crippen LogP contribution in [0, 0.1) is 10.7 Å². The molecule has 80 valence electrons. The first kappa shape index (κ1) is 13.2. The molecule has 2 N–H and O–H groups in total. The first-order valence-electron chi connectivity index (χ1n) is 4.12. The third-order valence-electron chi connectivity index (χ3n) is 1.84. The zero-order valence-corrected chi connectivity index (χ0v) is 9.35. The highest BCUT2D eigenvalue weighted by Crippen LogP contribution is 2.13. The molecule has 0 bridgehead atoms. The number of aliphatic hydroxyl groups excluding tert-OH is 1. The molecule has 0 aromatic rings. The second-order valence-corrected chi connectivity index (χ2v) is 4.79.